The molecule has 0 atom stereocenters. The summed E-state index contributed by atoms with van der Waals surface area (Å²) in [5, 5.41) is 0. The van der Waals surface area contributed by atoms with E-state index >= 15 is 0 Å². The number of hydrogen-bond acceptors (Lipinski definition) is 2. The molecule has 54 valence electrons. The van der Waals surface area contributed by atoms with Crippen molar-refractivity contribution in [2.75, 3.05) is 7.11 Å². The minimum Gasteiger partial charge on any atom is -0.480 e. The fourth-order valence-corrected chi connectivity index (χ4v) is 1.33. The number of nitrogens with zero attached hydrogens (tertiary/aromatic N) is 1. The first-order valence-electron chi connectivity index (χ1n) is 2.60. The van der Waals surface area contributed by atoms with Crippen LogP contribution in [-0.4, -0.2) is 12.1 Å². The number of rotatable bonds is 1. The first-order chi connectivity index (χ1) is 4.74. The Morgan fingerprint density at radius 3 is 2.80 bits per heavy atom. The van der Waals surface area contributed by atoms with E-state index in [-0.39, 0.29) is 0 Å². The topological polar surface area (TPSA) is 22.1 Å². The molecule has 0 N–H and O–H groups in total. The zero-order chi connectivity index (χ0) is 7.56. The second-order valence-electron chi connectivity index (χ2n) is 1.63. The van der Waals surface area contributed by atoms with Crippen molar-refractivity contribution >= 4 is 38.5 Å². The van der Waals surface area contributed by atoms with Gasteiger partial charge in [0.2, 0.25) is 5.88 Å². The van der Waals surface area contributed by atoms with Gasteiger partial charge >= 0.3 is 0 Å². The van der Waals surface area contributed by atoms with E-state index in [9.17, 15) is 0 Å². The molecule has 1 aromatic heterocycles. The number of ether oxygens (including phenoxy) is 1. The molecule has 0 spiro atoms. The van der Waals surface area contributed by atoms with E-state index in [0.29, 0.717) is 5.88 Å². The van der Waals surface area contributed by atoms with Crippen molar-refractivity contribution in [2.45, 2.75) is 0 Å². The summed E-state index contributed by atoms with van der Waals surface area (Å²) in [6.45, 7) is 0. The second-order valence-corrected chi connectivity index (χ2v) is 3.58. The minimum absolute atomic E-state index is 0.631. The second kappa shape index (κ2) is 3.52. The van der Waals surface area contributed by atoms with E-state index in [1.54, 1.807) is 7.11 Å². The standard InChI is InChI=1S/C6H5BrINO/c1-10-6-4(7)2-3-5(8)9-6/h2-3H,1H3. The van der Waals surface area contributed by atoms with E-state index in [1.165, 1.54) is 0 Å². The van der Waals surface area contributed by atoms with E-state index < -0.39 is 0 Å². The highest BCUT2D eigenvalue weighted by Gasteiger charge is 1.99. The van der Waals surface area contributed by atoms with Gasteiger partial charge < -0.3 is 4.74 Å². The molecule has 10 heavy (non-hydrogen) atoms. The van der Waals surface area contributed by atoms with E-state index in [0.717, 1.165) is 8.17 Å². The SMILES string of the molecule is COc1nc(I)ccc1Br. The first kappa shape index (κ1) is 8.26. The largest absolute Gasteiger partial charge is 0.480 e. The Labute approximate surface area is 81.3 Å². The minimum atomic E-state index is 0.631. The molecule has 0 saturated carbocycles. The number of aromatic nitrogens is 1. The summed E-state index contributed by atoms with van der Waals surface area (Å²) in [6.07, 6.45) is 0. The Morgan fingerprint density at radius 2 is 2.30 bits per heavy atom. The molecule has 0 fully saturated rings. The molecule has 0 radical (unpaired) electrons. The van der Waals surface area contributed by atoms with Gasteiger partial charge in [-0.25, -0.2) is 4.98 Å². The molecule has 2 nitrogen and oxygen atoms in total. The van der Waals surface area contributed by atoms with Crippen molar-refractivity contribution in [3.05, 3.63) is 20.3 Å². The maximum atomic E-state index is 4.96. The highest BCUT2D eigenvalue weighted by atomic mass is 127. The van der Waals surface area contributed by atoms with Gasteiger partial charge in [0.05, 0.1) is 11.6 Å². The molecule has 0 saturated heterocycles. The molecular weight excluding hydrogens is 309 g/mol. The summed E-state index contributed by atoms with van der Waals surface area (Å²) in [4.78, 5) is 4.11. The van der Waals surface area contributed by atoms with Crippen LogP contribution in [0.1, 0.15) is 0 Å². The summed E-state index contributed by atoms with van der Waals surface area (Å²) < 4.78 is 6.78. The number of pyridine rings is 1. The van der Waals surface area contributed by atoms with Gasteiger partial charge in [0.25, 0.3) is 0 Å². The van der Waals surface area contributed by atoms with Crippen LogP contribution in [0.4, 0.5) is 0 Å². The molecule has 0 aromatic carbocycles. The summed E-state index contributed by atoms with van der Waals surface area (Å²) in [7, 11) is 1.60. The van der Waals surface area contributed by atoms with Crippen LogP contribution >= 0.6 is 38.5 Å². The van der Waals surface area contributed by atoms with Gasteiger partial charge in [-0.2, -0.15) is 0 Å². The fraction of sp³-hybridized carbons (Fsp3) is 0.167. The normalized spacial score (nSPS) is 9.50. The number of halogens is 2. The molecule has 1 aromatic rings. The molecule has 1 rings (SSSR count). The number of methoxy groups -OCH3 is 1. The summed E-state index contributed by atoms with van der Waals surface area (Å²) in [5.74, 6) is 0.631. The maximum Gasteiger partial charge on any atom is 0.228 e. The molecule has 0 unspecified atom stereocenters. The monoisotopic (exact) mass is 313 g/mol. The highest BCUT2D eigenvalue weighted by molar-refractivity contribution is 14.1. The third-order valence-electron chi connectivity index (χ3n) is 0.973. The van der Waals surface area contributed by atoms with Gasteiger partial charge in [-0.05, 0) is 50.7 Å². The fourth-order valence-electron chi connectivity index (χ4n) is 0.544. The third-order valence-corrected chi connectivity index (χ3v) is 2.18. The Kier molecular flexibility index (Phi) is 2.91. The highest BCUT2D eigenvalue weighted by Crippen LogP contribution is 2.22. The summed E-state index contributed by atoms with van der Waals surface area (Å²) in [5.41, 5.74) is 0. The Bertz CT molecular complexity index is 241. The average molecular weight is 314 g/mol. The van der Waals surface area contributed by atoms with Crippen LogP contribution in [0.5, 0.6) is 5.88 Å². The van der Waals surface area contributed by atoms with Crippen LogP contribution in [0.3, 0.4) is 0 Å². The Morgan fingerprint density at radius 1 is 1.60 bits per heavy atom. The molecular formula is C6H5BrINO. The Hall–Kier alpha value is 0.160. The van der Waals surface area contributed by atoms with Gasteiger partial charge in [0, 0.05) is 0 Å². The summed E-state index contributed by atoms with van der Waals surface area (Å²) in [6, 6.07) is 3.82. The number of hydrogen-bond donors (Lipinski definition) is 0. The summed E-state index contributed by atoms with van der Waals surface area (Å²) >= 11 is 5.43. The molecule has 0 aliphatic carbocycles. The first-order valence-corrected chi connectivity index (χ1v) is 4.47. The Balaban J connectivity index is 3.09. The van der Waals surface area contributed by atoms with E-state index in [2.05, 4.69) is 43.5 Å². The zero-order valence-electron chi connectivity index (χ0n) is 5.27. The van der Waals surface area contributed by atoms with Crippen LogP contribution in [0.25, 0.3) is 0 Å². The van der Waals surface area contributed by atoms with Crippen LogP contribution in [0, 0.1) is 3.70 Å². The van der Waals surface area contributed by atoms with Gasteiger partial charge in [0.1, 0.15) is 3.70 Å². The van der Waals surface area contributed by atoms with Gasteiger partial charge in [-0.1, -0.05) is 0 Å². The molecule has 4 heteroatoms. The van der Waals surface area contributed by atoms with Crippen LogP contribution in [0.2, 0.25) is 0 Å². The average Bonchev–Trinajstić information content (AvgIpc) is 1.94. The predicted octanol–water partition coefficient (Wildman–Crippen LogP) is 2.46. The lowest BCUT2D eigenvalue weighted by molar-refractivity contribution is 0.394. The quantitative estimate of drug-likeness (QED) is 0.587. The zero-order valence-corrected chi connectivity index (χ0v) is 9.01. The predicted molar refractivity (Wildman–Crippen MR) is 51.2 cm³/mol. The van der Waals surface area contributed by atoms with E-state index in [1.807, 2.05) is 12.1 Å². The molecule has 0 aliphatic heterocycles. The van der Waals surface area contributed by atoms with Gasteiger partial charge in [0.15, 0.2) is 0 Å². The van der Waals surface area contributed by atoms with Crippen molar-refractivity contribution in [1.29, 1.82) is 0 Å². The van der Waals surface area contributed by atoms with Crippen LogP contribution in [0.15, 0.2) is 16.6 Å². The van der Waals surface area contributed by atoms with Gasteiger partial charge in [-0.15, -0.1) is 0 Å². The lowest BCUT2D eigenvalue weighted by Gasteiger charge is -2.00. The van der Waals surface area contributed by atoms with Crippen molar-refractivity contribution in [2.24, 2.45) is 0 Å². The van der Waals surface area contributed by atoms with Crippen molar-refractivity contribution in [3.63, 3.8) is 0 Å². The van der Waals surface area contributed by atoms with Crippen molar-refractivity contribution < 1.29 is 4.74 Å². The maximum absolute atomic E-state index is 4.96. The third kappa shape index (κ3) is 1.82. The van der Waals surface area contributed by atoms with Crippen LogP contribution < -0.4 is 4.74 Å². The molecule has 0 aliphatic rings. The van der Waals surface area contributed by atoms with Crippen LogP contribution in [-0.2, 0) is 0 Å². The molecule has 1 heterocycles. The van der Waals surface area contributed by atoms with Gasteiger partial charge in [-0.3, -0.25) is 0 Å². The molecule has 0 bridgehead atoms. The smallest absolute Gasteiger partial charge is 0.228 e. The lowest BCUT2D eigenvalue weighted by atomic mass is 10.5. The lowest BCUT2D eigenvalue weighted by Crippen LogP contribution is -1.89. The van der Waals surface area contributed by atoms with E-state index in [4.69, 9.17) is 4.74 Å². The van der Waals surface area contributed by atoms with Crippen molar-refractivity contribution in [3.8, 4) is 5.88 Å². The molecule has 0 amide bonds. The van der Waals surface area contributed by atoms with Crippen molar-refractivity contribution in [1.82, 2.24) is 4.98 Å².